The van der Waals surface area contributed by atoms with Gasteiger partial charge in [0.2, 0.25) is 5.17 Å². The lowest BCUT2D eigenvalue weighted by Crippen LogP contribution is -2.35. The number of nitrogens with zero attached hydrogens (tertiary/aromatic N) is 4. The molecule has 3 heterocycles. The fourth-order valence-corrected chi connectivity index (χ4v) is 5.13. The Morgan fingerprint density at radius 1 is 1.14 bits per heavy atom. The van der Waals surface area contributed by atoms with E-state index in [0.29, 0.717) is 18.3 Å². The van der Waals surface area contributed by atoms with Gasteiger partial charge in [-0.15, -0.1) is 0 Å². The van der Waals surface area contributed by atoms with Crippen LogP contribution in [0.2, 0.25) is 0 Å². The molecule has 0 aliphatic carbocycles. The Bertz CT molecular complexity index is 1430. The van der Waals surface area contributed by atoms with Crippen molar-refractivity contribution in [2.75, 3.05) is 6.61 Å². The maximum absolute atomic E-state index is 12.8. The van der Waals surface area contributed by atoms with E-state index in [0.717, 1.165) is 40.1 Å². The molecule has 0 saturated carbocycles. The van der Waals surface area contributed by atoms with Crippen LogP contribution in [-0.2, 0) is 11.3 Å². The number of rotatable bonds is 7. The minimum Gasteiger partial charge on any atom is -0.492 e. The van der Waals surface area contributed by atoms with Crippen LogP contribution in [0.5, 0.6) is 5.75 Å². The molecule has 0 spiro atoms. The number of para-hydroxylation sites is 1. The maximum Gasteiger partial charge on any atom is 0.283 e. The number of hydrogen-bond acceptors (Lipinski definition) is 5. The van der Waals surface area contributed by atoms with Crippen LogP contribution in [0, 0.1) is 19.3 Å². The largest absolute Gasteiger partial charge is 0.492 e. The Labute approximate surface area is 208 Å². The molecule has 7 nitrogen and oxygen atoms in total. The normalized spacial score (nSPS) is 16.7. The highest BCUT2D eigenvalue weighted by Gasteiger charge is 2.35. The fraction of sp³-hybridized carbons (Fsp3) is 0.259. The van der Waals surface area contributed by atoms with Crippen molar-refractivity contribution in [3.05, 3.63) is 70.9 Å². The number of amides is 1. The van der Waals surface area contributed by atoms with Crippen molar-refractivity contribution in [1.29, 1.82) is 5.41 Å². The monoisotopic (exact) mass is 485 g/mol. The number of benzene rings is 2. The van der Waals surface area contributed by atoms with E-state index in [1.807, 2.05) is 30.5 Å². The minimum absolute atomic E-state index is 0.0634. The first-order chi connectivity index (χ1) is 16.9. The quantitative estimate of drug-likeness (QED) is 0.432. The molecular formula is C27H27N5O2S. The number of carbonyl (C=O) groups excluding carboxylic acids is 1. The van der Waals surface area contributed by atoms with E-state index in [4.69, 9.17) is 10.1 Å². The topological polar surface area (TPSA) is 83.0 Å². The number of aromatic nitrogens is 1. The van der Waals surface area contributed by atoms with Crippen molar-refractivity contribution in [2.45, 2.75) is 40.2 Å². The molecule has 0 atom stereocenters. The van der Waals surface area contributed by atoms with E-state index in [2.05, 4.69) is 53.6 Å². The van der Waals surface area contributed by atoms with E-state index in [-0.39, 0.29) is 11.4 Å². The Hall–Kier alpha value is -3.65. The van der Waals surface area contributed by atoms with Crippen LogP contribution in [0.4, 0.5) is 0 Å². The first kappa shape index (κ1) is 23.1. The van der Waals surface area contributed by atoms with Gasteiger partial charge in [0.1, 0.15) is 17.4 Å². The summed E-state index contributed by atoms with van der Waals surface area (Å²) < 4.78 is 8.12. The number of hydrogen-bond donors (Lipinski definition) is 1. The molecule has 178 valence electrons. The Balaban J connectivity index is 1.41. The second-order valence-electron chi connectivity index (χ2n) is 8.65. The molecule has 1 aromatic heterocycles. The van der Waals surface area contributed by atoms with Crippen LogP contribution < -0.4 is 4.74 Å². The maximum atomic E-state index is 12.8. The lowest BCUT2D eigenvalue weighted by molar-refractivity contribution is -0.114. The predicted octanol–water partition coefficient (Wildman–Crippen LogP) is 5.76. The molecule has 2 aliphatic rings. The fourth-order valence-electron chi connectivity index (χ4n) is 4.14. The molecule has 2 aromatic carbocycles. The van der Waals surface area contributed by atoms with Gasteiger partial charge in [-0.3, -0.25) is 10.2 Å². The third-order valence-corrected chi connectivity index (χ3v) is 7.13. The van der Waals surface area contributed by atoms with Gasteiger partial charge < -0.3 is 9.30 Å². The number of thioether (sulfide) groups is 1. The molecule has 2 aliphatic heterocycles. The molecule has 1 N–H and O–H groups in total. The highest BCUT2D eigenvalue weighted by atomic mass is 32.2. The van der Waals surface area contributed by atoms with Crippen LogP contribution in [-0.4, -0.2) is 38.1 Å². The van der Waals surface area contributed by atoms with Crippen molar-refractivity contribution in [3.63, 3.8) is 0 Å². The predicted molar refractivity (Wildman–Crippen MR) is 143 cm³/mol. The first-order valence-corrected chi connectivity index (χ1v) is 12.5. The summed E-state index contributed by atoms with van der Waals surface area (Å²) in [4.78, 5) is 17.0. The Morgan fingerprint density at radius 3 is 2.77 bits per heavy atom. The van der Waals surface area contributed by atoms with Crippen molar-refractivity contribution in [3.8, 4) is 5.75 Å². The van der Waals surface area contributed by atoms with E-state index in [9.17, 15) is 4.79 Å². The number of hydrazone groups is 1. The molecule has 0 saturated heterocycles. The lowest BCUT2D eigenvalue weighted by atomic mass is 10.1. The van der Waals surface area contributed by atoms with Crippen LogP contribution in [0.1, 0.15) is 36.5 Å². The van der Waals surface area contributed by atoms with Crippen molar-refractivity contribution in [1.82, 2.24) is 9.58 Å². The molecule has 35 heavy (non-hydrogen) atoms. The lowest BCUT2D eigenvalue weighted by Gasteiger charge is -2.20. The zero-order chi connectivity index (χ0) is 24.5. The molecule has 0 fully saturated rings. The van der Waals surface area contributed by atoms with Crippen LogP contribution in [0.15, 0.2) is 64.3 Å². The summed E-state index contributed by atoms with van der Waals surface area (Å²) in [6.45, 7) is 7.40. The van der Waals surface area contributed by atoms with E-state index in [1.54, 1.807) is 6.08 Å². The number of amidine groups is 2. The van der Waals surface area contributed by atoms with Gasteiger partial charge in [0.15, 0.2) is 5.84 Å². The second kappa shape index (κ2) is 9.54. The summed E-state index contributed by atoms with van der Waals surface area (Å²) in [5, 5.41) is 17.0. The van der Waals surface area contributed by atoms with Gasteiger partial charge in [0.25, 0.3) is 5.91 Å². The SMILES string of the molecule is CCCC1=NN2C(=N)/C(=C\c3cn(CCOc4ccc(C)c(C)c4)c4ccccc34)C(=O)N=C2S1. The number of ether oxygens (including phenoxy) is 1. The summed E-state index contributed by atoms with van der Waals surface area (Å²) in [5.41, 5.74) is 4.59. The summed E-state index contributed by atoms with van der Waals surface area (Å²) in [5.74, 6) is 0.512. The first-order valence-electron chi connectivity index (χ1n) is 11.7. The molecule has 3 aromatic rings. The molecule has 0 unspecified atom stereocenters. The molecule has 1 amide bonds. The molecule has 5 rings (SSSR count). The number of nitrogens with one attached hydrogen (secondary N) is 1. The third kappa shape index (κ3) is 4.53. The van der Waals surface area contributed by atoms with E-state index < -0.39 is 5.91 Å². The molecular weight excluding hydrogens is 458 g/mol. The number of fused-ring (bicyclic) bond motifs is 2. The summed E-state index contributed by atoms with van der Waals surface area (Å²) >= 11 is 1.37. The van der Waals surface area contributed by atoms with Crippen LogP contribution >= 0.6 is 11.8 Å². The van der Waals surface area contributed by atoms with Gasteiger partial charge in [-0.25, -0.2) is 0 Å². The van der Waals surface area contributed by atoms with Crippen LogP contribution in [0.3, 0.4) is 0 Å². The van der Waals surface area contributed by atoms with Gasteiger partial charge in [0.05, 0.1) is 12.1 Å². The standard InChI is InChI=1S/C27H27N5O2S/c1-4-7-24-30-32-25(28)22(26(33)29-27(32)35-24)15-19-16-31(23-9-6-5-8-21(19)23)12-13-34-20-11-10-17(2)18(3)14-20/h5-6,8-11,14-16,28H,4,7,12-13H2,1-3H3/b22-15+,28-25?. The number of carbonyl (C=O) groups is 1. The summed E-state index contributed by atoms with van der Waals surface area (Å²) in [7, 11) is 0. The van der Waals surface area contributed by atoms with Gasteiger partial charge >= 0.3 is 0 Å². The van der Waals surface area contributed by atoms with Gasteiger partial charge in [-0.1, -0.05) is 31.2 Å². The second-order valence-corrected chi connectivity index (χ2v) is 9.69. The summed E-state index contributed by atoms with van der Waals surface area (Å²) in [6.07, 6.45) is 5.51. The Morgan fingerprint density at radius 2 is 1.97 bits per heavy atom. The van der Waals surface area contributed by atoms with Crippen molar-refractivity contribution >= 4 is 50.7 Å². The summed E-state index contributed by atoms with van der Waals surface area (Å²) in [6, 6.07) is 14.2. The zero-order valence-electron chi connectivity index (χ0n) is 20.0. The highest BCUT2D eigenvalue weighted by molar-refractivity contribution is 8.26. The minimum atomic E-state index is -0.406. The van der Waals surface area contributed by atoms with E-state index in [1.165, 1.54) is 27.9 Å². The van der Waals surface area contributed by atoms with Gasteiger partial charge in [-0.05, 0) is 73.9 Å². The van der Waals surface area contributed by atoms with Gasteiger partial charge in [-0.2, -0.15) is 15.1 Å². The third-order valence-electron chi connectivity index (χ3n) is 6.16. The number of aryl methyl sites for hydroxylation is 2. The van der Waals surface area contributed by atoms with E-state index >= 15 is 0 Å². The van der Waals surface area contributed by atoms with Crippen molar-refractivity contribution < 1.29 is 9.53 Å². The Kier molecular flexibility index (Phi) is 6.30. The smallest absolute Gasteiger partial charge is 0.283 e. The average Bonchev–Trinajstić information content (AvgIpc) is 3.40. The van der Waals surface area contributed by atoms with Gasteiger partial charge in [0, 0.05) is 22.7 Å². The molecule has 0 radical (unpaired) electrons. The molecule has 0 bridgehead atoms. The zero-order valence-corrected chi connectivity index (χ0v) is 20.9. The van der Waals surface area contributed by atoms with Crippen LogP contribution in [0.25, 0.3) is 17.0 Å². The highest BCUT2D eigenvalue weighted by Crippen LogP contribution is 2.31. The molecule has 8 heteroatoms. The number of aliphatic imine (C=N–C) groups is 1. The van der Waals surface area contributed by atoms with Crippen molar-refractivity contribution in [2.24, 2.45) is 10.1 Å². The average molecular weight is 486 g/mol.